The summed E-state index contributed by atoms with van der Waals surface area (Å²) in [4.78, 5) is 23.2. The summed E-state index contributed by atoms with van der Waals surface area (Å²) in [6.07, 6.45) is 4.68. The lowest BCUT2D eigenvalue weighted by Gasteiger charge is -2.45. The highest BCUT2D eigenvalue weighted by atomic mass is 35.5. The summed E-state index contributed by atoms with van der Waals surface area (Å²) in [5.74, 6) is 0.424. The number of benzene rings is 1. The number of aliphatic hydroxyl groups is 1. The van der Waals surface area contributed by atoms with Crippen molar-refractivity contribution in [2.75, 3.05) is 11.9 Å². The first kappa shape index (κ1) is 41.1. The van der Waals surface area contributed by atoms with Crippen LogP contribution in [0, 0.1) is 5.92 Å². The van der Waals surface area contributed by atoms with Crippen LogP contribution in [0.4, 0.5) is 5.82 Å². The van der Waals surface area contributed by atoms with Gasteiger partial charge in [0.25, 0.3) is 0 Å². The molecule has 1 aromatic carbocycles. The van der Waals surface area contributed by atoms with E-state index in [-0.39, 0.29) is 28.9 Å². The first-order chi connectivity index (χ1) is 23.1. The number of nitrogens with one attached hydrogen (secondary N) is 1. The lowest BCUT2D eigenvalue weighted by Crippen LogP contribution is -2.51. The maximum atomic E-state index is 14.1. The number of thiophene rings is 1. The molecule has 7 nitrogen and oxygen atoms in total. The van der Waals surface area contributed by atoms with Crippen LogP contribution in [0.2, 0.25) is 44.1 Å². The number of hydrogen-bond acceptors (Lipinski definition) is 8. The summed E-state index contributed by atoms with van der Waals surface area (Å²) in [7, 11) is -4.17. The summed E-state index contributed by atoms with van der Waals surface area (Å²) in [6.45, 7) is 27.7. The molecule has 2 N–H and O–H groups in total. The summed E-state index contributed by atoms with van der Waals surface area (Å²) < 4.78 is 14.6. The Kier molecular flexibility index (Phi) is 13.0. The lowest BCUT2D eigenvalue weighted by molar-refractivity contribution is 0.0970. The molecular weight excluding hydrogens is 722 g/mol. The van der Waals surface area contributed by atoms with E-state index < -0.39 is 22.2 Å². The fraction of sp³-hybridized carbons (Fsp3) is 0.605. The molecule has 2 aromatic heterocycles. The van der Waals surface area contributed by atoms with Crippen molar-refractivity contribution in [2.24, 2.45) is 5.92 Å². The van der Waals surface area contributed by atoms with E-state index in [4.69, 9.17) is 32.1 Å². The largest absolute Gasteiger partial charge is 0.416 e. The van der Waals surface area contributed by atoms with Crippen molar-refractivity contribution in [1.29, 1.82) is 0 Å². The van der Waals surface area contributed by atoms with Crippen LogP contribution in [0.25, 0.3) is 0 Å². The molecule has 0 saturated heterocycles. The van der Waals surface area contributed by atoms with Gasteiger partial charge in [-0.15, -0.1) is 11.3 Å². The smallest absolute Gasteiger partial charge is 0.208 e. The fourth-order valence-corrected chi connectivity index (χ4v) is 15.7. The van der Waals surface area contributed by atoms with Gasteiger partial charge in [0.15, 0.2) is 8.32 Å². The van der Waals surface area contributed by atoms with Crippen molar-refractivity contribution < 1.29 is 18.8 Å². The highest BCUT2D eigenvalue weighted by Crippen LogP contribution is 2.47. The minimum atomic E-state index is -2.18. The minimum absolute atomic E-state index is 0.0266. The Morgan fingerprint density at radius 2 is 1.68 bits per heavy atom. The van der Waals surface area contributed by atoms with E-state index in [0.29, 0.717) is 60.0 Å². The molecule has 1 saturated carbocycles. The predicted octanol–water partition coefficient (Wildman–Crippen LogP) is 11.1. The Labute approximate surface area is 316 Å². The van der Waals surface area contributed by atoms with Crippen LogP contribution < -0.4 is 5.32 Å². The van der Waals surface area contributed by atoms with Crippen LogP contribution in [0.3, 0.4) is 0 Å². The standard InChI is InChI=1S/C38H57Cl2N3O4SSi2/c1-23(2)50(24(3)4,25(5)6)47-32-18-29(16-26(32)21-46-49(11,12)37(7,8)9)43-36-30(20-41-22-42-36)34(44)33-19-31(35(40)48-33)38(10,45)27-14-13-15-28(39)17-27/h13-15,17,19-20,22-26,29,32,45H,16,18,21H2,1-12H3,(H,41,42,43)/t26-,29-,32+,38?/m1/s1. The quantitative estimate of drug-likeness (QED) is 0.124. The van der Waals surface area contributed by atoms with Gasteiger partial charge in [0, 0.05) is 35.3 Å². The van der Waals surface area contributed by atoms with E-state index in [2.05, 4.69) is 90.7 Å². The third-order valence-corrected chi connectivity index (χ3v) is 23.5. The van der Waals surface area contributed by atoms with Gasteiger partial charge in [-0.25, -0.2) is 9.97 Å². The zero-order valence-corrected chi connectivity index (χ0v) is 36.2. The number of hydrogen-bond donors (Lipinski definition) is 2. The molecule has 1 fully saturated rings. The van der Waals surface area contributed by atoms with Gasteiger partial charge in [0.2, 0.25) is 14.1 Å². The van der Waals surface area contributed by atoms with Crippen molar-refractivity contribution in [3.05, 3.63) is 73.8 Å². The third-order valence-electron chi connectivity index (χ3n) is 11.3. The molecule has 1 aliphatic carbocycles. The predicted molar refractivity (Wildman–Crippen MR) is 214 cm³/mol. The van der Waals surface area contributed by atoms with Gasteiger partial charge in [0.1, 0.15) is 17.7 Å². The van der Waals surface area contributed by atoms with Crippen LogP contribution in [0.5, 0.6) is 0 Å². The second-order valence-corrected chi connectivity index (χ2v) is 28.9. The van der Waals surface area contributed by atoms with Crippen LogP contribution in [0.1, 0.15) is 108 Å². The average molecular weight is 779 g/mol. The molecule has 0 aliphatic heterocycles. The number of carbonyl (C=O) groups is 1. The highest BCUT2D eigenvalue weighted by Gasteiger charge is 2.50. The Bertz CT molecular complexity index is 1620. The van der Waals surface area contributed by atoms with E-state index >= 15 is 0 Å². The number of nitrogens with zero attached hydrogens (tertiary/aromatic N) is 2. The van der Waals surface area contributed by atoms with Crippen molar-refractivity contribution in [1.82, 2.24) is 9.97 Å². The molecule has 1 aliphatic rings. The zero-order chi connectivity index (χ0) is 37.4. The molecule has 50 heavy (non-hydrogen) atoms. The Hall–Kier alpha value is -1.64. The van der Waals surface area contributed by atoms with Gasteiger partial charge in [-0.1, -0.05) is 97.6 Å². The highest BCUT2D eigenvalue weighted by molar-refractivity contribution is 7.18. The summed E-state index contributed by atoms with van der Waals surface area (Å²) >= 11 is 14.0. The minimum Gasteiger partial charge on any atom is -0.416 e. The zero-order valence-electron chi connectivity index (χ0n) is 31.9. The molecule has 4 atom stereocenters. The van der Waals surface area contributed by atoms with E-state index in [1.165, 1.54) is 6.33 Å². The monoisotopic (exact) mass is 777 g/mol. The molecule has 0 spiro atoms. The second-order valence-electron chi connectivity index (χ2n) is 16.6. The summed E-state index contributed by atoms with van der Waals surface area (Å²) in [6, 6.07) is 8.69. The fourth-order valence-electron chi connectivity index (χ4n) is 7.42. The molecule has 3 aromatic rings. The van der Waals surface area contributed by atoms with E-state index in [0.717, 1.165) is 24.2 Å². The molecule has 0 amide bonds. The average Bonchev–Trinajstić information content (AvgIpc) is 3.60. The van der Waals surface area contributed by atoms with Gasteiger partial charge in [0.05, 0.1) is 20.9 Å². The van der Waals surface area contributed by atoms with Gasteiger partial charge in [-0.3, -0.25) is 4.79 Å². The van der Waals surface area contributed by atoms with Gasteiger partial charge in [-0.05, 0) is 78.3 Å². The number of anilines is 1. The van der Waals surface area contributed by atoms with E-state index in [1.807, 2.05) is 0 Å². The van der Waals surface area contributed by atoms with Gasteiger partial charge >= 0.3 is 0 Å². The van der Waals surface area contributed by atoms with Crippen molar-refractivity contribution >= 4 is 62.8 Å². The molecular formula is C38H57Cl2N3O4SSi2. The Balaban J connectivity index is 1.62. The number of ketones is 1. The van der Waals surface area contributed by atoms with Crippen LogP contribution in [-0.4, -0.2) is 56.2 Å². The maximum Gasteiger partial charge on any atom is 0.208 e. The van der Waals surface area contributed by atoms with Crippen LogP contribution >= 0.6 is 34.5 Å². The summed E-state index contributed by atoms with van der Waals surface area (Å²) in [5.41, 5.74) is 1.31. The normalized spacial score (nSPS) is 20.2. The first-order valence-electron chi connectivity index (χ1n) is 17.8. The number of halogens is 2. The lowest BCUT2D eigenvalue weighted by atomic mass is 9.89. The van der Waals surface area contributed by atoms with Gasteiger partial charge < -0.3 is 19.3 Å². The summed E-state index contributed by atoms with van der Waals surface area (Å²) in [5, 5.41) is 15.8. The molecule has 0 bridgehead atoms. The van der Waals surface area contributed by atoms with E-state index in [1.54, 1.807) is 43.5 Å². The Morgan fingerprint density at radius 3 is 2.26 bits per heavy atom. The first-order valence-corrected chi connectivity index (χ1v) is 24.4. The second kappa shape index (κ2) is 15.8. The van der Waals surface area contributed by atoms with Crippen LogP contribution in [0.15, 0.2) is 42.9 Å². The topological polar surface area (TPSA) is 93.6 Å². The number of rotatable bonds is 14. The molecule has 1 unspecified atom stereocenters. The molecule has 0 radical (unpaired) electrons. The Morgan fingerprint density at radius 1 is 1.04 bits per heavy atom. The third kappa shape index (κ3) is 8.59. The SMILES string of the molecule is CC(C)[Si](O[C@H]1C[C@H](Nc2ncncc2C(=O)c2cc(C(C)(O)c3cccc(Cl)c3)c(Cl)s2)C[C@@H]1CO[Si](C)(C)C(C)(C)C)(C(C)C)C(C)C. The van der Waals surface area contributed by atoms with Crippen LogP contribution in [-0.2, 0) is 14.5 Å². The van der Waals surface area contributed by atoms with Gasteiger partial charge in [-0.2, -0.15) is 0 Å². The van der Waals surface area contributed by atoms with Crippen molar-refractivity contribution in [2.45, 2.75) is 135 Å². The van der Waals surface area contributed by atoms with Crippen molar-refractivity contribution in [3.63, 3.8) is 0 Å². The molecule has 276 valence electrons. The molecule has 12 heteroatoms. The van der Waals surface area contributed by atoms with E-state index in [9.17, 15) is 9.90 Å². The molecule has 2 heterocycles. The maximum absolute atomic E-state index is 14.1. The molecule has 4 rings (SSSR count). The van der Waals surface area contributed by atoms with Crippen molar-refractivity contribution in [3.8, 4) is 0 Å². The number of aromatic nitrogens is 2. The number of carbonyl (C=O) groups excluding carboxylic acids is 1.